The first-order valence-electron chi connectivity index (χ1n) is 7.06. The van der Waals surface area contributed by atoms with Crippen LogP contribution < -0.4 is 10.6 Å². The second kappa shape index (κ2) is 8.29. The fourth-order valence-electron chi connectivity index (χ4n) is 2.79. The Bertz CT molecular complexity index is 661. The van der Waals surface area contributed by atoms with Crippen LogP contribution in [0.25, 0.3) is 0 Å². The predicted molar refractivity (Wildman–Crippen MR) is 94.4 cm³/mol. The Morgan fingerprint density at radius 3 is 2.83 bits per heavy atom. The van der Waals surface area contributed by atoms with E-state index in [1.54, 1.807) is 10.9 Å². The lowest BCUT2D eigenvalue weighted by molar-refractivity contribution is -0.119. The number of rotatable bonds is 3. The molecule has 126 valence electrons. The number of amides is 1. The van der Waals surface area contributed by atoms with Crippen LogP contribution in [0.4, 0.5) is 5.69 Å². The minimum atomic E-state index is -0.0809. The van der Waals surface area contributed by atoms with E-state index < -0.39 is 0 Å². The summed E-state index contributed by atoms with van der Waals surface area (Å²) < 4.78 is 1.77. The predicted octanol–water partition coefficient (Wildman–Crippen LogP) is 1.91. The van der Waals surface area contributed by atoms with E-state index in [0.29, 0.717) is 6.54 Å². The van der Waals surface area contributed by atoms with Crippen LogP contribution in [0.15, 0.2) is 30.7 Å². The summed E-state index contributed by atoms with van der Waals surface area (Å²) in [6.07, 6.45) is 5.53. The highest BCUT2D eigenvalue weighted by Crippen LogP contribution is 2.28. The van der Waals surface area contributed by atoms with Gasteiger partial charge in [-0.1, -0.05) is 0 Å². The van der Waals surface area contributed by atoms with Crippen LogP contribution in [0.3, 0.4) is 0 Å². The van der Waals surface area contributed by atoms with Gasteiger partial charge in [-0.3, -0.25) is 14.5 Å². The zero-order chi connectivity index (χ0) is 14.8. The summed E-state index contributed by atoms with van der Waals surface area (Å²) in [6.45, 7) is 3.40. The molecule has 8 heteroatoms. The van der Waals surface area contributed by atoms with E-state index in [-0.39, 0.29) is 42.6 Å². The first kappa shape index (κ1) is 19.4. The van der Waals surface area contributed by atoms with E-state index in [0.717, 1.165) is 23.5 Å². The second-order valence-electron chi connectivity index (χ2n) is 5.49. The molecule has 0 unspecified atom stereocenters. The van der Waals surface area contributed by atoms with E-state index >= 15 is 0 Å². The van der Waals surface area contributed by atoms with E-state index in [4.69, 9.17) is 0 Å². The molecule has 0 aliphatic carbocycles. The Labute approximate surface area is 147 Å². The van der Waals surface area contributed by atoms with Crippen molar-refractivity contribution >= 4 is 36.4 Å². The van der Waals surface area contributed by atoms with E-state index in [1.807, 2.05) is 38.5 Å². The number of aryl methyl sites for hydroxylation is 2. The number of hydrogen-bond donors (Lipinski definition) is 2. The number of pyridine rings is 1. The van der Waals surface area contributed by atoms with Gasteiger partial charge in [-0.15, -0.1) is 24.8 Å². The van der Waals surface area contributed by atoms with Gasteiger partial charge in [0, 0.05) is 49.8 Å². The molecule has 2 aromatic rings. The highest BCUT2D eigenvalue weighted by molar-refractivity contribution is 5.93. The fourth-order valence-corrected chi connectivity index (χ4v) is 2.79. The third-order valence-electron chi connectivity index (χ3n) is 3.87. The van der Waals surface area contributed by atoms with Crippen LogP contribution in [-0.4, -0.2) is 33.8 Å². The van der Waals surface area contributed by atoms with Crippen molar-refractivity contribution in [3.63, 3.8) is 0 Å². The van der Waals surface area contributed by atoms with Crippen molar-refractivity contribution < 1.29 is 4.79 Å². The fraction of sp³-hybridized carbons (Fsp3) is 0.400. The van der Waals surface area contributed by atoms with Gasteiger partial charge in [0.05, 0.1) is 12.1 Å². The standard InChI is InChI=1S/C15H19N5O.2ClH/c1-10-5-12(3-4-17-10)19-15(21)14-8-16-7-13(14)11-6-18-20(2)9-11;;/h3-6,9,13-14,16H,7-8H2,1-2H3,(H,17,19,21);2*1H/t13-,14+;;/m1../s1. The number of hydrogen-bond acceptors (Lipinski definition) is 4. The maximum absolute atomic E-state index is 12.5. The summed E-state index contributed by atoms with van der Waals surface area (Å²) in [5.41, 5.74) is 2.79. The van der Waals surface area contributed by atoms with Gasteiger partial charge in [-0.05, 0) is 24.6 Å². The molecular weight excluding hydrogens is 337 g/mol. The molecule has 6 nitrogen and oxygen atoms in total. The van der Waals surface area contributed by atoms with Gasteiger partial charge in [0.15, 0.2) is 0 Å². The van der Waals surface area contributed by atoms with Crippen molar-refractivity contribution in [3.8, 4) is 0 Å². The normalized spacial score (nSPS) is 19.6. The molecule has 2 N–H and O–H groups in total. The van der Waals surface area contributed by atoms with Crippen LogP contribution in [-0.2, 0) is 11.8 Å². The largest absolute Gasteiger partial charge is 0.326 e. The SMILES string of the molecule is Cc1cc(NC(=O)[C@H]2CNC[C@@H]2c2cnn(C)c2)ccn1.Cl.Cl. The number of carbonyl (C=O) groups is 1. The molecular formula is C15H21Cl2N5O. The summed E-state index contributed by atoms with van der Waals surface area (Å²) in [4.78, 5) is 16.7. The Morgan fingerprint density at radius 1 is 1.39 bits per heavy atom. The average Bonchev–Trinajstić information content (AvgIpc) is 3.06. The average molecular weight is 358 g/mol. The van der Waals surface area contributed by atoms with E-state index in [1.165, 1.54) is 0 Å². The first-order chi connectivity index (χ1) is 10.1. The lowest BCUT2D eigenvalue weighted by Gasteiger charge is -2.17. The molecule has 0 saturated carbocycles. The number of halogens is 2. The number of anilines is 1. The summed E-state index contributed by atoms with van der Waals surface area (Å²) in [7, 11) is 1.89. The quantitative estimate of drug-likeness (QED) is 0.879. The lowest BCUT2D eigenvalue weighted by Crippen LogP contribution is -2.28. The molecule has 1 saturated heterocycles. The molecule has 1 aliphatic rings. The van der Waals surface area contributed by atoms with E-state index in [9.17, 15) is 4.79 Å². The molecule has 1 amide bonds. The second-order valence-corrected chi connectivity index (χ2v) is 5.49. The van der Waals surface area contributed by atoms with Crippen molar-refractivity contribution in [2.24, 2.45) is 13.0 Å². The molecule has 2 atom stereocenters. The molecule has 23 heavy (non-hydrogen) atoms. The molecule has 1 aliphatic heterocycles. The molecule has 0 bridgehead atoms. The van der Waals surface area contributed by atoms with Crippen molar-refractivity contribution in [1.29, 1.82) is 0 Å². The van der Waals surface area contributed by atoms with Crippen molar-refractivity contribution in [3.05, 3.63) is 42.0 Å². The zero-order valence-corrected chi connectivity index (χ0v) is 14.7. The Morgan fingerprint density at radius 2 is 2.17 bits per heavy atom. The number of aromatic nitrogens is 3. The first-order valence-corrected chi connectivity index (χ1v) is 7.06. The number of nitrogens with zero attached hydrogens (tertiary/aromatic N) is 3. The Kier molecular flexibility index (Phi) is 7.00. The van der Waals surface area contributed by atoms with E-state index in [2.05, 4.69) is 20.7 Å². The molecule has 1 fully saturated rings. The summed E-state index contributed by atoms with van der Waals surface area (Å²) in [5, 5.41) is 10.5. The third-order valence-corrected chi connectivity index (χ3v) is 3.87. The minimum absolute atomic E-state index is 0. The minimum Gasteiger partial charge on any atom is -0.326 e. The lowest BCUT2D eigenvalue weighted by atomic mass is 9.90. The van der Waals surface area contributed by atoms with Gasteiger partial charge in [-0.2, -0.15) is 5.10 Å². The summed E-state index contributed by atoms with van der Waals surface area (Å²) in [6, 6.07) is 3.69. The zero-order valence-electron chi connectivity index (χ0n) is 13.0. The van der Waals surface area contributed by atoms with Gasteiger partial charge in [0.1, 0.15) is 0 Å². The Balaban J connectivity index is 0.00000132. The number of nitrogens with one attached hydrogen (secondary N) is 2. The smallest absolute Gasteiger partial charge is 0.229 e. The third kappa shape index (κ3) is 4.43. The monoisotopic (exact) mass is 357 g/mol. The van der Waals surface area contributed by atoms with Gasteiger partial charge in [0.2, 0.25) is 5.91 Å². The molecule has 0 aromatic carbocycles. The Hall–Kier alpha value is -1.63. The van der Waals surface area contributed by atoms with Gasteiger partial charge >= 0.3 is 0 Å². The molecule has 0 radical (unpaired) electrons. The summed E-state index contributed by atoms with van der Waals surface area (Å²) >= 11 is 0. The van der Waals surface area contributed by atoms with Crippen molar-refractivity contribution in [2.45, 2.75) is 12.8 Å². The van der Waals surface area contributed by atoms with Crippen LogP contribution in [0.1, 0.15) is 17.2 Å². The van der Waals surface area contributed by atoms with Crippen LogP contribution in [0.5, 0.6) is 0 Å². The van der Waals surface area contributed by atoms with Crippen LogP contribution in [0, 0.1) is 12.8 Å². The van der Waals surface area contributed by atoms with Gasteiger partial charge < -0.3 is 10.6 Å². The van der Waals surface area contributed by atoms with Crippen molar-refractivity contribution in [1.82, 2.24) is 20.1 Å². The van der Waals surface area contributed by atoms with Crippen molar-refractivity contribution in [2.75, 3.05) is 18.4 Å². The maximum Gasteiger partial charge on any atom is 0.229 e. The maximum atomic E-state index is 12.5. The number of carbonyl (C=O) groups excluding carboxylic acids is 1. The topological polar surface area (TPSA) is 71.8 Å². The highest BCUT2D eigenvalue weighted by atomic mass is 35.5. The van der Waals surface area contributed by atoms with Gasteiger partial charge in [-0.25, -0.2) is 0 Å². The molecule has 3 rings (SSSR count). The van der Waals surface area contributed by atoms with Gasteiger partial charge in [0.25, 0.3) is 0 Å². The highest BCUT2D eigenvalue weighted by Gasteiger charge is 2.34. The van der Waals surface area contributed by atoms with Crippen LogP contribution >= 0.6 is 24.8 Å². The molecule has 2 aromatic heterocycles. The van der Waals surface area contributed by atoms with Crippen LogP contribution in [0.2, 0.25) is 0 Å². The molecule has 3 heterocycles. The summed E-state index contributed by atoms with van der Waals surface area (Å²) in [5.74, 6) is 0.128. The molecule has 0 spiro atoms.